The Morgan fingerprint density at radius 2 is 2.05 bits per heavy atom. The van der Waals surface area contributed by atoms with Gasteiger partial charge in [-0.05, 0) is 24.6 Å². The zero-order chi connectivity index (χ0) is 15.1. The Morgan fingerprint density at radius 3 is 2.65 bits per heavy atom. The highest BCUT2D eigenvalue weighted by Gasteiger charge is 2.11. The lowest BCUT2D eigenvalue weighted by atomic mass is 10.1. The first-order chi connectivity index (χ1) is 9.45. The molecule has 20 heavy (non-hydrogen) atoms. The van der Waals surface area contributed by atoms with Crippen molar-refractivity contribution >= 4 is 17.5 Å². The maximum absolute atomic E-state index is 11.9. The number of amides is 2. The van der Waals surface area contributed by atoms with E-state index in [0.29, 0.717) is 24.4 Å². The summed E-state index contributed by atoms with van der Waals surface area (Å²) in [5.41, 5.74) is 7.29. The molecule has 0 aliphatic rings. The molecular weight excluding hydrogens is 258 g/mol. The van der Waals surface area contributed by atoms with Gasteiger partial charge in [-0.1, -0.05) is 6.07 Å². The SMILES string of the molecule is Cc1ccc(C(=O)N(C)C)cc1NC(=O)COCCN. The maximum Gasteiger partial charge on any atom is 0.253 e. The molecule has 0 bridgehead atoms. The summed E-state index contributed by atoms with van der Waals surface area (Å²) in [4.78, 5) is 25.0. The van der Waals surface area contributed by atoms with E-state index in [2.05, 4.69) is 5.32 Å². The second-order valence-corrected chi connectivity index (χ2v) is 4.62. The molecule has 2 amide bonds. The number of hydrogen-bond donors (Lipinski definition) is 2. The minimum absolute atomic E-state index is 0.0531. The number of carbonyl (C=O) groups is 2. The molecule has 0 aromatic heterocycles. The number of aryl methyl sites for hydroxylation is 1. The number of nitrogens with zero attached hydrogens (tertiary/aromatic N) is 1. The van der Waals surface area contributed by atoms with E-state index in [1.807, 2.05) is 6.92 Å². The molecule has 6 heteroatoms. The van der Waals surface area contributed by atoms with Gasteiger partial charge in [0.15, 0.2) is 0 Å². The number of hydrogen-bond acceptors (Lipinski definition) is 4. The van der Waals surface area contributed by atoms with Gasteiger partial charge in [0, 0.05) is 31.9 Å². The molecule has 1 aromatic rings. The Labute approximate surface area is 118 Å². The Kier molecular flexibility index (Phi) is 6.14. The number of ether oxygens (including phenoxy) is 1. The average molecular weight is 279 g/mol. The third-order valence-corrected chi connectivity index (χ3v) is 2.66. The molecule has 0 saturated heterocycles. The van der Waals surface area contributed by atoms with Crippen LogP contribution in [-0.4, -0.2) is 50.6 Å². The van der Waals surface area contributed by atoms with Crippen LogP contribution in [0.15, 0.2) is 18.2 Å². The molecular formula is C14H21N3O3. The molecule has 0 aliphatic carbocycles. The van der Waals surface area contributed by atoms with Gasteiger partial charge in [-0.15, -0.1) is 0 Å². The van der Waals surface area contributed by atoms with Crippen LogP contribution in [0.3, 0.4) is 0 Å². The third-order valence-electron chi connectivity index (χ3n) is 2.66. The van der Waals surface area contributed by atoms with Crippen LogP contribution in [-0.2, 0) is 9.53 Å². The van der Waals surface area contributed by atoms with Crippen molar-refractivity contribution in [3.63, 3.8) is 0 Å². The van der Waals surface area contributed by atoms with E-state index in [9.17, 15) is 9.59 Å². The Morgan fingerprint density at radius 1 is 1.35 bits per heavy atom. The minimum atomic E-state index is -0.268. The van der Waals surface area contributed by atoms with Crippen molar-refractivity contribution < 1.29 is 14.3 Å². The normalized spacial score (nSPS) is 10.2. The van der Waals surface area contributed by atoms with Crippen LogP contribution in [0.5, 0.6) is 0 Å². The molecule has 0 heterocycles. The molecule has 0 atom stereocenters. The van der Waals surface area contributed by atoms with Crippen molar-refractivity contribution in [2.24, 2.45) is 5.73 Å². The van der Waals surface area contributed by atoms with Crippen molar-refractivity contribution in [3.05, 3.63) is 29.3 Å². The lowest BCUT2D eigenvalue weighted by Gasteiger charge is -2.13. The van der Waals surface area contributed by atoms with Gasteiger partial charge < -0.3 is 20.7 Å². The van der Waals surface area contributed by atoms with Crippen molar-refractivity contribution in [3.8, 4) is 0 Å². The summed E-state index contributed by atoms with van der Waals surface area (Å²) in [5.74, 6) is -0.379. The second kappa shape index (κ2) is 7.62. The molecule has 0 radical (unpaired) electrons. The summed E-state index contributed by atoms with van der Waals surface area (Å²) in [6.45, 7) is 2.52. The van der Waals surface area contributed by atoms with E-state index in [1.54, 1.807) is 32.3 Å². The first-order valence-electron chi connectivity index (χ1n) is 6.35. The molecule has 6 nitrogen and oxygen atoms in total. The van der Waals surface area contributed by atoms with Crippen LogP contribution < -0.4 is 11.1 Å². The Hall–Kier alpha value is -1.92. The van der Waals surface area contributed by atoms with Gasteiger partial charge in [-0.3, -0.25) is 9.59 Å². The number of anilines is 1. The molecule has 0 saturated carbocycles. The molecule has 1 aromatic carbocycles. The van der Waals surface area contributed by atoms with Gasteiger partial charge in [0.05, 0.1) is 6.61 Å². The number of carbonyl (C=O) groups excluding carboxylic acids is 2. The third kappa shape index (κ3) is 4.64. The summed E-state index contributed by atoms with van der Waals surface area (Å²) in [6.07, 6.45) is 0. The smallest absolute Gasteiger partial charge is 0.253 e. The van der Waals surface area contributed by atoms with Crippen molar-refractivity contribution in [1.82, 2.24) is 4.90 Å². The molecule has 1 rings (SSSR count). The van der Waals surface area contributed by atoms with Crippen LogP contribution in [0.2, 0.25) is 0 Å². The number of nitrogens with two attached hydrogens (primary N) is 1. The summed E-state index contributed by atoms with van der Waals surface area (Å²) < 4.78 is 5.06. The fraction of sp³-hybridized carbons (Fsp3) is 0.429. The fourth-order valence-corrected chi connectivity index (χ4v) is 1.58. The summed E-state index contributed by atoms with van der Waals surface area (Å²) in [5, 5.41) is 2.73. The molecule has 0 aliphatic heterocycles. The number of rotatable bonds is 6. The first kappa shape index (κ1) is 16.1. The highest BCUT2D eigenvalue weighted by Crippen LogP contribution is 2.17. The number of nitrogens with one attached hydrogen (secondary N) is 1. The van der Waals surface area contributed by atoms with E-state index < -0.39 is 0 Å². The standard InChI is InChI=1S/C14H21N3O3/c1-10-4-5-11(14(19)17(2)3)8-12(10)16-13(18)9-20-7-6-15/h4-5,8H,6-7,9,15H2,1-3H3,(H,16,18). The van der Waals surface area contributed by atoms with Gasteiger partial charge >= 0.3 is 0 Å². The van der Waals surface area contributed by atoms with Crippen molar-refractivity contribution in [2.45, 2.75) is 6.92 Å². The van der Waals surface area contributed by atoms with Crippen LogP contribution in [0, 0.1) is 6.92 Å². The van der Waals surface area contributed by atoms with Gasteiger partial charge in [-0.25, -0.2) is 0 Å². The van der Waals surface area contributed by atoms with E-state index >= 15 is 0 Å². The van der Waals surface area contributed by atoms with E-state index in [4.69, 9.17) is 10.5 Å². The molecule has 0 unspecified atom stereocenters. The van der Waals surface area contributed by atoms with Crippen LogP contribution in [0.4, 0.5) is 5.69 Å². The first-order valence-corrected chi connectivity index (χ1v) is 6.35. The Bertz CT molecular complexity index is 487. The van der Waals surface area contributed by atoms with E-state index in [0.717, 1.165) is 5.56 Å². The van der Waals surface area contributed by atoms with Crippen LogP contribution in [0.25, 0.3) is 0 Å². The van der Waals surface area contributed by atoms with Crippen LogP contribution in [0.1, 0.15) is 15.9 Å². The monoisotopic (exact) mass is 279 g/mol. The van der Waals surface area contributed by atoms with E-state index in [1.165, 1.54) is 4.90 Å². The largest absolute Gasteiger partial charge is 0.370 e. The summed E-state index contributed by atoms with van der Waals surface area (Å²) in [7, 11) is 3.36. The van der Waals surface area contributed by atoms with Gasteiger partial charge in [-0.2, -0.15) is 0 Å². The average Bonchev–Trinajstić information content (AvgIpc) is 2.40. The predicted octanol–water partition coefficient (Wildman–Crippen LogP) is 0.611. The lowest BCUT2D eigenvalue weighted by molar-refractivity contribution is -0.120. The minimum Gasteiger partial charge on any atom is -0.370 e. The zero-order valence-corrected chi connectivity index (χ0v) is 12.1. The molecule has 0 spiro atoms. The number of benzene rings is 1. The predicted molar refractivity (Wildman–Crippen MR) is 77.7 cm³/mol. The topological polar surface area (TPSA) is 84.7 Å². The maximum atomic E-state index is 11.9. The van der Waals surface area contributed by atoms with Gasteiger partial charge in [0.25, 0.3) is 5.91 Å². The van der Waals surface area contributed by atoms with Gasteiger partial charge in [0.2, 0.25) is 5.91 Å². The lowest BCUT2D eigenvalue weighted by Crippen LogP contribution is -2.23. The highest BCUT2D eigenvalue weighted by atomic mass is 16.5. The van der Waals surface area contributed by atoms with Gasteiger partial charge in [0.1, 0.15) is 6.61 Å². The molecule has 0 fully saturated rings. The summed E-state index contributed by atoms with van der Waals surface area (Å²) in [6, 6.07) is 5.20. The molecule has 3 N–H and O–H groups in total. The highest BCUT2D eigenvalue weighted by molar-refractivity contribution is 5.97. The second-order valence-electron chi connectivity index (χ2n) is 4.62. The fourth-order valence-electron chi connectivity index (χ4n) is 1.58. The van der Waals surface area contributed by atoms with E-state index in [-0.39, 0.29) is 18.4 Å². The Balaban J connectivity index is 2.76. The quantitative estimate of drug-likeness (QED) is 0.747. The van der Waals surface area contributed by atoms with Crippen LogP contribution >= 0.6 is 0 Å². The van der Waals surface area contributed by atoms with Crippen molar-refractivity contribution in [1.29, 1.82) is 0 Å². The van der Waals surface area contributed by atoms with Crippen molar-refractivity contribution in [2.75, 3.05) is 39.2 Å². The molecule has 110 valence electrons. The zero-order valence-electron chi connectivity index (χ0n) is 12.1. The summed E-state index contributed by atoms with van der Waals surface area (Å²) >= 11 is 0.